The van der Waals surface area contributed by atoms with Gasteiger partial charge in [0.15, 0.2) is 11.5 Å². The summed E-state index contributed by atoms with van der Waals surface area (Å²) in [7, 11) is 0. The Morgan fingerprint density at radius 1 is 1.03 bits per heavy atom. The Balaban J connectivity index is 1.47. The van der Waals surface area contributed by atoms with Crippen molar-refractivity contribution < 1.29 is 14.3 Å². The molecule has 0 aromatic heterocycles. The maximum atomic E-state index is 12.5. The van der Waals surface area contributed by atoms with E-state index in [4.69, 9.17) is 16.3 Å². The normalized spacial score (nSPS) is 14.0. The Hall–Kier alpha value is -3.57. The number of benzene rings is 3. The van der Waals surface area contributed by atoms with E-state index in [-0.39, 0.29) is 17.6 Å². The molecule has 0 radical (unpaired) electrons. The van der Waals surface area contributed by atoms with Crippen LogP contribution in [0.1, 0.15) is 21.5 Å². The van der Waals surface area contributed by atoms with Gasteiger partial charge in [0.1, 0.15) is 0 Å². The van der Waals surface area contributed by atoms with Crippen LogP contribution in [0.4, 0.5) is 5.69 Å². The largest absolute Gasteiger partial charge is 0.449 e. The quantitative estimate of drug-likeness (QED) is 0.622. The van der Waals surface area contributed by atoms with Gasteiger partial charge in [-0.3, -0.25) is 9.59 Å². The van der Waals surface area contributed by atoms with Crippen molar-refractivity contribution in [2.75, 3.05) is 5.32 Å². The van der Waals surface area contributed by atoms with Crippen LogP contribution in [0.3, 0.4) is 0 Å². The van der Waals surface area contributed by atoms with Crippen LogP contribution >= 0.6 is 11.6 Å². The average molecular weight is 405 g/mol. The molecule has 1 heterocycles. The van der Waals surface area contributed by atoms with Gasteiger partial charge in [0.2, 0.25) is 0 Å². The Morgan fingerprint density at radius 2 is 1.79 bits per heavy atom. The third-order valence-electron chi connectivity index (χ3n) is 4.40. The highest BCUT2D eigenvalue weighted by Gasteiger charge is 2.23. The lowest BCUT2D eigenvalue weighted by Crippen LogP contribution is -2.25. The molecule has 0 fully saturated rings. The first-order chi connectivity index (χ1) is 14.1. The third kappa shape index (κ3) is 4.47. The molecule has 2 N–H and O–H groups in total. The van der Waals surface area contributed by atoms with Crippen LogP contribution in [-0.2, 0) is 11.3 Å². The minimum atomic E-state index is -0.361. The molecule has 0 spiro atoms. The van der Waals surface area contributed by atoms with Gasteiger partial charge in [-0.25, -0.2) is 0 Å². The second kappa shape index (κ2) is 8.20. The zero-order valence-electron chi connectivity index (χ0n) is 15.3. The molecule has 0 saturated heterocycles. The Kier molecular flexibility index (Phi) is 5.31. The van der Waals surface area contributed by atoms with E-state index >= 15 is 0 Å². The number of rotatable bonds is 4. The van der Waals surface area contributed by atoms with Gasteiger partial charge in [0.25, 0.3) is 11.8 Å². The van der Waals surface area contributed by atoms with Gasteiger partial charge in [-0.2, -0.15) is 0 Å². The highest BCUT2D eigenvalue weighted by molar-refractivity contribution is 6.30. The molecule has 0 saturated carbocycles. The molecule has 29 heavy (non-hydrogen) atoms. The Morgan fingerprint density at radius 3 is 2.55 bits per heavy atom. The maximum absolute atomic E-state index is 12.5. The molecule has 0 atom stereocenters. The molecule has 144 valence electrons. The van der Waals surface area contributed by atoms with Crippen molar-refractivity contribution in [1.82, 2.24) is 5.32 Å². The summed E-state index contributed by atoms with van der Waals surface area (Å²) in [6, 6.07) is 21.6. The van der Waals surface area contributed by atoms with Crippen molar-refractivity contribution >= 4 is 35.2 Å². The van der Waals surface area contributed by atoms with Crippen molar-refractivity contribution in [3.05, 3.63) is 100 Å². The second-order valence-electron chi connectivity index (χ2n) is 6.50. The lowest BCUT2D eigenvalue weighted by atomic mass is 10.1. The zero-order valence-corrected chi connectivity index (χ0v) is 16.1. The fraction of sp³-hybridized carbons (Fsp3) is 0.0435. The minimum Gasteiger partial charge on any atom is -0.449 e. The molecule has 2 amide bonds. The summed E-state index contributed by atoms with van der Waals surface area (Å²) in [6.07, 6.45) is 1.67. The van der Waals surface area contributed by atoms with E-state index in [9.17, 15) is 9.59 Å². The number of ether oxygens (including phenoxy) is 1. The predicted molar refractivity (Wildman–Crippen MR) is 113 cm³/mol. The maximum Gasteiger partial charge on any atom is 0.291 e. The fourth-order valence-corrected chi connectivity index (χ4v) is 3.01. The first kappa shape index (κ1) is 18.8. The van der Waals surface area contributed by atoms with Gasteiger partial charge < -0.3 is 15.4 Å². The number of anilines is 1. The molecule has 4 rings (SSSR count). The standard InChI is InChI=1S/C23H17ClN2O3/c24-18-9-6-16(7-10-18)14-25-22(27)17-8-11-20-19(13-17)26-23(28)21(29-20)12-15-4-2-1-3-5-15/h1-13H,14H2,(H,25,27)(H,26,28)/b21-12+. The SMILES string of the molecule is O=C1Nc2cc(C(=O)NCc3ccc(Cl)cc3)ccc2O/C1=C/c1ccccc1. The van der Waals surface area contributed by atoms with E-state index in [1.54, 1.807) is 36.4 Å². The van der Waals surface area contributed by atoms with Crippen LogP contribution in [0.2, 0.25) is 5.02 Å². The van der Waals surface area contributed by atoms with E-state index in [1.165, 1.54) is 0 Å². The predicted octanol–water partition coefficient (Wildman–Crippen LogP) is 4.64. The number of halogens is 1. The Labute approximate surface area is 173 Å². The van der Waals surface area contributed by atoms with Gasteiger partial charge in [-0.1, -0.05) is 54.1 Å². The lowest BCUT2D eigenvalue weighted by Gasteiger charge is -2.20. The van der Waals surface area contributed by atoms with E-state index in [0.29, 0.717) is 28.6 Å². The lowest BCUT2D eigenvalue weighted by molar-refractivity contribution is -0.115. The van der Waals surface area contributed by atoms with E-state index in [2.05, 4.69) is 10.6 Å². The zero-order chi connectivity index (χ0) is 20.2. The van der Waals surface area contributed by atoms with E-state index in [1.807, 2.05) is 42.5 Å². The van der Waals surface area contributed by atoms with Crippen molar-refractivity contribution in [2.24, 2.45) is 0 Å². The van der Waals surface area contributed by atoms with Crippen molar-refractivity contribution in [3.8, 4) is 5.75 Å². The molecule has 1 aliphatic rings. The van der Waals surface area contributed by atoms with Crippen LogP contribution < -0.4 is 15.4 Å². The molecular formula is C23H17ClN2O3. The van der Waals surface area contributed by atoms with Crippen LogP contribution in [0, 0.1) is 0 Å². The van der Waals surface area contributed by atoms with E-state index < -0.39 is 0 Å². The first-order valence-electron chi connectivity index (χ1n) is 9.01. The monoisotopic (exact) mass is 404 g/mol. The third-order valence-corrected chi connectivity index (χ3v) is 4.65. The number of carbonyl (C=O) groups is 2. The van der Waals surface area contributed by atoms with Crippen molar-refractivity contribution in [2.45, 2.75) is 6.54 Å². The topological polar surface area (TPSA) is 67.4 Å². The first-order valence-corrected chi connectivity index (χ1v) is 9.39. The van der Waals surface area contributed by atoms with Gasteiger partial charge in [0, 0.05) is 17.1 Å². The fourth-order valence-electron chi connectivity index (χ4n) is 2.89. The van der Waals surface area contributed by atoms with Gasteiger partial charge in [-0.15, -0.1) is 0 Å². The van der Waals surface area contributed by atoms with Gasteiger partial charge in [-0.05, 0) is 47.5 Å². The van der Waals surface area contributed by atoms with Gasteiger partial charge in [0.05, 0.1) is 5.69 Å². The highest BCUT2D eigenvalue weighted by atomic mass is 35.5. The number of hydrogen-bond acceptors (Lipinski definition) is 3. The molecule has 5 nitrogen and oxygen atoms in total. The minimum absolute atomic E-state index is 0.198. The molecule has 1 aliphatic heterocycles. The van der Waals surface area contributed by atoms with Crippen LogP contribution in [-0.4, -0.2) is 11.8 Å². The summed E-state index contributed by atoms with van der Waals surface area (Å²) in [5.74, 6) is 0.0763. The molecule has 0 unspecified atom stereocenters. The second-order valence-corrected chi connectivity index (χ2v) is 6.93. The number of hydrogen-bond donors (Lipinski definition) is 2. The average Bonchev–Trinajstić information content (AvgIpc) is 2.74. The summed E-state index contributed by atoms with van der Waals surface area (Å²) in [6.45, 7) is 0.375. The smallest absolute Gasteiger partial charge is 0.291 e. The molecule has 3 aromatic carbocycles. The summed E-state index contributed by atoms with van der Waals surface area (Å²) >= 11 is 5.87. The highest BCUT2D eigenvalue weighted by Crippen LogP contribution is 2.32. The molecule has 6 heteroatoms. The number of carbonyl (C=O) groups excluding carboxylic acids is 2. The summed E-state index contributed by atoms with van der Waals surface area (Å²) in [5.41, 5.74) is 2.68. The molecular weight excluding hydrogens is 388 g/mol. The van der Waals surface area contributed by atoms with E-state index in [0.717, 1.165) is 11.1 Å². The molecule has 3 aromatic rings. The number of amides is 2. The van der Waals surface area contributed by atoms with Crippen LogP contribution in [0.5, 0.6) is 5.75 Å². The summed E-state index contributed by atoms with van der Waals surface area (Å²) in [5, 5.41) is 6.27. The molecule has 0 aliphatic carbocycles. The van der Waals surface area contributed by atoms with Crippen LogP contribution in [0.25, 0.3) is 6.08 Å². The van der Waals surface area contributed by atoms with Crippen LogP contribution in [0.15, 0.2) is 78.6 Å². The Bertz CT molecular complexity index is 1090. The number of nitrogens with one attached hydrogen (secondary N) is 2. The number of fused-ring (bicyclic) bond motifs is 1. The molecule has 0 bridgehead atoms. The van der Waals surface area contributed by atoms with Crippen molar-refractivity contribution in [3.63, 3.8) is 0 Å². The summed E-state index contributed by atoms with van der Waals surface area (Å²) in [4.78, 5) is 24.8. The van der Waals surface area contributed by atoms with Gasteiger partial charge >= 0.3 is 0 Å². The summed E-state index contributed by atoms with van der Waals surface area (Å²) < 4.78 is 5.73. The van der Waals surface area contributed by atoms with Crippen molar-refractivity contribution in [1.29, 1.82) is 0 Å².